The average Bonchev–Trinajstić information content (AvgIpc) is 2.56. The summed E-state index contributed by atoms with van der Waals surface area (Å²) in [7, 11) is 1.27. The minimum atomic E-state index is -1.02. The van der Waals surface area contributed by atoms with Gasteiger partial charge in [-0.05, 0) is 24.8 Å². The maximum absolute atomic E-state index is 12.7. The second-order valence-corrected chi connectivity index (χ2v) is 5.43. The number of rotatable bonds is 5. The number of thioether (sulfide) groups is 1. The Morgan fingerprint density at radius 3 is 2.45 bits per heavy atom. The van der Waals surface area contributed by atoms with E-state index in [-0.39, 0.29) is 5.69 Å². The molecule has 0 saturated heterocycles. The number of ether oxygens (including phenoxy) is 1. The van der Waals surface area contributed by atoms with Gasteiger partial charge in [0.2, 0.25) is 0 Å². The van der Waals surface area contributed by atoms with Gasteiger partial charge in [-0.25, -0.2) is 9.97 Å². The first-order valence-electron chi connectivity index (χ1n) is 6.62. The second kappa shape index (κ2) is 7.17. The molecule has 0 aliphatic heterocycles. The molecule has 0 saturated carbocycles. The first-order chi connectivity index (χ1) is 10.6. The molecule has 22 heavy (non-hydrogen) atoms. The molecule has 1 atom stereocenters. The van der Waals surface area contributed by atoms with Crippen LogP contribution in [-0.4, -0.2) is 35.1 Å². The number of aromatic nitrogens is 2. The molecule has 6 heteroatoms. The SMILES string of the molecule is COC(=O)C(C(=O)c1ccnc(SC)n1)c1ccc(C)cc1. The van der Waals surface area contributed by atoms with Gasteiger partial charge in [-0.3, -0.25) is 9.59 Å². The normalized spacial score (nSPS) is 11.8. The third-order valence-corrected chi connectivity index (χ3v) is 3.74. The highest BCUT2D eigenvalue weighted by molar-refractivity contribution is 7.98. The number of esters is 1. The lowest BCUT2D eigenvalue weighted by Gasteiger charge is -2.14. The molecule has 114 valence electrons. The highest BCUT2D eigenvalue weighted by Crippen LogP contribution is 2.23. The second-order valence-electron chi connectivity index (χ2n) is 4.66. The highest BCUT2D eigenvalue weighted by atomic mass is 32.2. The van der Waals surface area contributed by atoms with Crippen molar-refractivity contribution in [2.24, 2.45) is 0 Å². The Labute approximate surface area is 133 Å². The minimum Gasteiger partial charge on any atom is -0.468 e. The molecule has 0 N–H and O–H groups in total. The summed E-state index contributed by atoms with van der Waals surface area (Å²) in [4.78, 5) is 33.0. The van der Waals surface area contributed by atoms with Crippen LogP contribution < -0.4 is 0 Å². The molecule has 2 rings (SSSR count). The van der Waals surface area contributed by atoms with E-state index in [4.69, 9.17) is 4.74 Å². The van der Waals surface area contributed by atoms with Crippen LogP contribution in [0.4, 0.5) is 0 Å². The Kier molecular flexibility index (Phi) is 5.27. The van der Waals surface area contributed by atoms with Crippen LogP contribution in [0.15, 0.2) is 41.7 Å². The van der Waals surface area contributed by atoms with E-state index in [1.165, 1.54) is 31.1 Å². The fourth-order valence-corrected chi connectivity index (χ4v) is 2.35. The van der Waals surface area contributed by atoms with Gasteiger partial charge in [0.05, 0.1) is 7.11 Å². The van der Waals surface area contributed by atoms with E-state index in [9.17, 15) is 9.59 Å². The molecule has 0 spiro atoms. The van der Waals surface area contributed by atoms with Crippen molar-refractivity contribution in [1.82, 2.24) is 9.97 Å². The van der Waals surface area contributed by atoms with Gasteiger partial charge < -0.3 is 4.74 Å². The predicted octanol–water partition coefficient (Wildman–Crippen LogP) is 2.65. The molecule has 0 radical (unpaired) electrons. The Hall–Kier alpha value is -2.21. The monoisotopic (exact) mass is 316 g/mol. The van der Waals surface area contributed by atoms with Gasteiger partial charge in [0.1, 0.15) is 11.6 Å². The Morgan fingerprint density at radius 2 is 1.86 bits per heavy atom. The van der Waals surface area contributed by atoms with E-state index >= 15 is 0 Å². The Balaban J connectivity index is 2.42. The zero-order chi connectivity index (χ0) is 16.1. The third kappa shape index (κ3) is 3.51. The van der Waals surface area contributed by atoms with Gasteiger partial charge in [0.25, 0.3) is 0 Å². The number of methoxy groups -OCH3 is 1. The van der Waals surface area contributed by atoms with Gasteiger partial charge >= 0.3 is 5.97 Å². The minimum absolute atomic E-state index is 0.204. The van der Waals surface area contributed by atoms with Crippen LogP contribution in [0.2, 0.25) is 0 Å². The molecule has 1 aromatic carbocycles. The summed E-state index contributed by atoms with van der Waals surface area (Å²) in [6, 6.07) is 8.72. The fraction of sp³-hybridized carbons (Fsp3) is 0.250. The zero-order valence-corrected chi connectivity index (χ0v) is 13.4. The first kappa shape index (κ1) is 16.2. The summed E-state index contributed by atoms with van der Waals surface area (Å²) in [5, 5.41) is 0.485. The van der Waals surface area contributed by atoms with Gasteiger partial charge in [0, 0.05) is 6.20 Å². The molecule has 0 aliphatic rings. The van der Waals surface area contributed by atoms with Crippen molar-refractivity contribution in [3.63, 3.8) is 0 Å². The summed E-state index contributed by atoms with van der Waals surface area (Å²) in [6.07, 6.45) is 3.33. The van der Waals surface area contributed by atoms with Gasteiger partial charge in [0.15, 0.2) is 10.9 Å². The Morgan fingerprint density at radius 1 is 1.18 bits per heavy atom. The topological polar surface area (TPSA) is 69.2 Å². The summed E-state index contributed by atoms with van der Waals surface area (Å²) >= 11 is 1.33. The highest BCUT2D eigenvalue weighted by Gasteiger charge is 2.31. The molecule has 0 amide bonds. The van der Waals surface area contributed by atoms with Crippen LogP contribution in [0.1, 0.15) is 27.5 Å². The van der Waals surface area contributed by atoms with Crippen LogP contribution in [0.25, 0.3) is 0 Å². The lowest BCUT2D eigenvalue weighted by atomic mass is 9.92. The van der Waals surface area contributed by atoms with E-state index in [0.29, 0.717) is 10.7 Å². The fourth-order valence-electron chi connectivity index (χ4n) is 2.00. The molecule has 0 bridgehead atoms. The molecular formula is C16H16N2O3S. The third-order valence-electron chi connectivity index (χ3n) is 3.18. The van der Waals surface area contributed by atoms with E-state index in [2.05, 4.69) is 9.97 Å². The van der Waals surface area contributed by atoms with Crippen molar-refractivity contribution in [2.75, 3.05) is 13.4 Å². The molecule has 2 aromatic rings. The van der Waals surface area contributed by atoms with E-state index in [1.807, 2.05) is 25.3 Å². The molecule has 5 nitrogen and oxygen atoms in total. The molecule has 0 aliphatic carbocycles. The summed E-state index contributed by atoms with van der Waals surface area (Å²) in [6.45, 7) is 1.94. The molecule has 1 unspecified atom stereocenters. The Bertz CT molecular complexity index is 686. The van der Waals surface area contributed by atoms with Crippen LogP contribution in [0.5, 0.6) is 0 Å². The lowest BCUT2D eigenvalue weighted by molar-refractivity contribution is -0.141. The van der Waals surface area contributed by atoms with Gasteiger partial charge in [-0.1, -0.05) is 41.6 Å². The van der Waals surface area contributed by atoms with Crippen LogP contribution in [0.3, 0.4) is 0 Å². The number of ketones is 1. The number of aryl methyl sites for hydroxylation is 1. The first-order valence-corrected chi connectivity index (χ1v) is 7.85. The largest absolute Gasteiger partial charge is 0.468 e. The van der Waals surface area contributed by atoms with Gasteiger partial charge in [-0.2, -0.15) is 0 Å². The number of nitrogens with zero attached hydrogens (tertiary/aromatic N) is 2. The van der Waals surface area contributed by atoms with Crippen LogP contribution >= 0.6 is 11.8 Å². The zero-order valence-electron chi connectivity index (χ0n) is 12.6. The molecule has 1 heterocycles. The predicted molar refractivity (Wildman–Crippen MR) is 84.1 cm³/mol. The summed E-state index contributed by atoms with van der Waals surface area (Å²) in [5.41, 5.74) is 1.84. The van der Waals surface area contributed by atoms with Crippen molar-refractivity contribution >= 4 is 23.5 Å². The smallest absolute Gasteiger partial charge is 0.321 e. The quantitative estimate of drug-likeness (QED) is 0.278. The maximum atomic E-state index is 12.7. The van der Waals surface area contributed by atoms with Gasteiger partial charge in [-0.15, -0.1) is 0 Å². The van der Waals surface area contributed by atoms with E-state index < -0.39 is 17.7 Å². The number of hydrogen-bond donors (Lipinski definition) is 0. The molecule has 1 aromatic heterocycles. The molecule has 0 fully saturated rings. The maximum Gasteiger partial charge on any atom is 0.321 e. The molecular weight excluding hydrogens is 300 g/mol. The number of benzene rings is 1. The number of Topliss-reactive ketones (excluding diaryl/α,β-unsaturated/α-hetero) is 1. The van der Waals surface area contributed by atoms with E-state index in [1.54, 1.807) is 12.1 Å². The summed E-state index contributed by atoms with van der Waals surface area (Å²) in [5.74, 6) is -2.01. The summed E-state index contributed by atoms with van der Waals surface area (Å²) < 4.78 is 4.79. The van der Waals surface area contributed by atoms with Crippen molar-refractivity contribution in [3.8, 4) is 0 Å². The number of hydrogen-bond acceptors (Lipinski definition) is 6. The number of carbonyl (C=O) groups excluding carboxylic acids is 2. The van der Waals surface area contributed by atoms with Crippen molar-refractivity contribution in [1.29, 1.82) is 0 Å². The van der Waals surface area contributed by atoms with Crippen molar-refractivity contribution < 1.29 is 14.3 Å². The van der Waals surface area contributed by atoms with Crippen molar-refractivity contribution in [2.45, 2.75) is 18.0 Å². The lowest BCUT2D eigenvalue weighted by Crippen LogP contribution is -2.24. The van der Waals surface area contributed by atoms with Crippen molar-refractivity contribution in [3.05, 3.63) is 53.3 Å². The average molecular weight is 316 g/mol. The standard InChI is InChI=1S/C16H16N2O3S/c1-10-4-6-11(7-5-10)13(15(20)21-2)14(19)12-8-9-17-16(18-12)22-3/h4-9,13H,1-3H3. The van der Waals surface area contributed by atoms with E-state index in [0.717, 1.165) is 5.56 Å². The number of carbonyl (C=O) groups is 2. The van der Waals surface area contributed by atoms with Crippen LogP contribution in [0, 0.1) is 6.92 Å². The van der Waals surface area contributed by atoms with Crippen LogP contribution in [-0.2, 0) is 9.53 Å².